The fourth-order valence-corrected chi connectivity index (χ4v) is 2.03. The topological polar surface area (TPSA) is 30.2 Å². The van der Waals surface area contributed by atoms with E-state index in [0.29, 0.717) is 12.2 Å². The molecule has 1 heterocycles. The fraction of sp³-hybridized carbons (Fsp3) is 0.267. The molecule has 0 aliphatic heterocycles. The van der Waals surface area contributed by atoms with Crippen LogP contribution in [-0.2, 0) is 6.42 Å². The van der Waals surface area contributed by atoms with Crippen molar-refractivity contribution in [2.75, 3.05) is 0 Å². The summed E-state index contributed by atoms with van der Waals surface area (Å²) in [6.07, 6.45) is 2.79. The van der Waals surface area contributed by atoms with Crippen LogP contribution in [0.5, 0.6) is 0 Å². The first-order valence-corrected chi connectivity index (χ1v) is 5.79. The molecule has 1 aromatic heterocycles. The van der Waals surface area contributed by atoms with E-state index in [1.54, 1.807) is 12.1 Å². The van der Waals surface area contributed by atoms with Gasteiger partial charge in [0.2, 0.25) is 0 Å². The Morgan fingerprint density at radius 1 is 1.18 bits per heavy atom. The second-order valence-corrected chi connectivity index (χ2v) is 4.40. The maximum absolute atomic E-state index is 11.8. The number of hydrogen-bond donors (Lipinski definition) is 0. The average molecular weight is 228 g/mol. The number of benzene rings is 1. The zero-order chi connectivity index (χ0) is 12.3. The summed E-state index contributed by atoms with van der Waals surface area (Å²) < 4.78 is 5.08. The number of furan rings is 1. The SMILES string of the molecule is Cc1cc(C)cc(CCC(=O)c2ccco2)c1. The lowest BCUT2D eigenvalue weighted by Gasteiger charge is -2.03. The van der Waals surface area contributed by atoms with Gasteiger partial charge in [0, 0.05) is 6.42 Å². The Labute approximate surface area is 101 Å². The van der Waals surface area contributed by atoms with Crippen LogP contribution in [0.1, 0.15) is 33.7 Å². The zero-order valence-electron chi connectivity index (χ0n) is 10.2. The molecule has 2 aromatic rings. The summed E-state index contributed by atoms with van der Waals surface area (Å²) in [5.41, 5.74) is 3.69. The van der Waals surface area contributed by atoms with E-state index >= 15 is 0 Å². The van der Waals surface area contributed by atoms with Crippen molar-refractivity contribution in [3.05, 3.63) is 59.0 Å². The molecule has 0 aliphatic carbocycles. The molecule has 0 bridgehead atoms. The fourth-order valence-electron chi connectivity index (χ4n) is 2.03. The monoisotopic (exact) mass is 228 g/mol. The second-order valence-electron chi connectivity index (χ2n) is 4.40. The molecule has 2 rings (SSSR count). The molecule has 0 amide bonds. The summed E-state index contributed by atoms with van der Waals surface area (Å²) in [6, 6.07) is 9.84. The molecule has 0 unspecified atom stereocenters. The van der Waals surface area contributed by atoms with Gasteiger partial charge in [-0.1, -0.05) is 29.3 Å². The summed E-state index contributed by atoms with van der Waals surface area (Å²) in [5, 5.41) is 0. The highest BCUT2D eigenvalue weighted by atomic mass is 16.3. The molecule has 2 heteroatoms. The predicted molar refractivity (Wildman–Crippen MR) is 67.3 cm³/mol. The summed E-state index contributed by atoms with van der Waals surface area (Å²) in [4.78, 5) is 11.8. The van der Waals surface area contributed by atoms with Crippen LogP contribution in [0, 0.1) is 13.8 Å². The summed E-state index contributed by atoms with van der Waals surface area (Å²) >= 11 is 0. The average Bonchev–Trinajstić information content (AvgIpc) is 2.78. The van der Waals surface area contributed by atoms with Gasteiger partial charge in [0.15, 0.2) is 11.5 Å². The summed E-state index contributed by atoms with van der Waals surface area (Å²) in [6.45, 7) is 4.15. The number of hydrogen-bond acceptors (Lipinski definition) is 2. The molecular weight excluding hydrogens is 212 g/mol. The molecule has 0 radical (unpaired) electrons. The molecule has 0 N–H and O–H groups in total. The molecule has 0 fully saturated rings. The van der Waals surface area contributed by atoms with Crippen LogP contribution >= 0.6 is 0 Å². The Bertz CT molecular complexity index is 489. The summed E-state index contributed by atoms with van der Waals surface area (Å²) in [5.74, 6) is 0.517. The van der Waals surface area contributed by atoms with Crippen LogP contribution in [0.4, 0.5) is 0 Å². The van der Waals surface area contributed by atoms with E-state index in [-0.39, 0.29) is 5.78 Å². The first kappa shape index (κ1) is 11.6. The molecule has 0 aliphatic rings. The van der Waals surface area contributed by atoms with Crippen LogP contribution in [0.15, 0.2) is 41.0 Å². The first-order valence-electron chi connectivity index (χ1n) is 5.79. The second kappa shape index (κ2) is 5.00. The molecule has 0 saturated carbocycles. The number of rotatable bonds is 4. The third-order valence-corrected chi connectivity index (χ3v) is 2.72. The third kappa shape index (κ3) is 3.06. The first-order chi connectivity index (χ1) is 8.15. The molecule has 1 aromatic carbocycles. The number of Topliss-reactive ketones (excluding diaryl/α,β-unsaturated/α-hetero) is 1. The minimum atomic E-state index is 0.0640. The molecule has 0 spiro atoms. The Morgan fingerprint density at radius 2 is 1.88 bits per heavy atom. The minimum absolute atomic E-state index is 0.0640. The van der Waals surface area contributed by atoms with Gasteiger partial charge in [-0.25, -0.2) is 0 Å². The van der Waals surface area contributed by atoms with Gasteiger partial charge in [0.05, 0.1) is 6.26 Å². The van der Waals surface area contributed by atoms with E-state index in [2.05, 4.69) is 32.0 Å². The van der Waals surface area contributed by atoms with E-state index in [9.17, 15) is 4.79 Å². The largest absolute Gasteiger partial charge is 0.461 e. The van der Waals surface area contributed by atoms with Crippen molar-refractivity contribution in [1.82, 2.24) is 0 Å². The maximum atomic E-state index is 11.8. The molecule has 17 heavy (non-hydrogen) atoms. The van der Waals surface area contributed by atoms with Crippen LogP contribution in [0.3, 0.4) is 0 Å². The Balaban J connectivity index is 2.00. The molecular formula is C15H16O2. The smallest absolute Gasteiger partial charge is 0.198 e. The Morgan fingerprint density at radius 3 is 2.47 bits per heavy atom. The van der Waals surface area contributed by atoms with E-state index in [4.69, 9.17) is 4.42 Å². The minimum Gasteiger partial charge on any atom is -0.461 e. The van der Waals surface area contributed by atoms with E-state index in [1.165, 1.54) is 23.0 Å². The van der Waals surface area contributed by atoms with Crippen molar-refractivity contribution in [1.29, 1.82) is 0 Å². The van der Waals surface area contributed by atoms with Crippen molar-refractivity contribution < 1.29 is 9.21 Å². The highest BCUT2D eigenvalue weighted by molar-refractivity contribution is 5.93. The lowest BCUT2D eigenvalue weighted by molar-refractivity contribution is 0.0956. The number of ketones is 1. The van der Waals surface area contributed by atoms with Crippen LogP contribution in [0.25, 0.3) is 0 Å². The van der Waals surface area contributed by atoms with Gasteiger partial charge in [-0.3, -0.25) is 4.79 Å². The quantitative estimate of drug-likeness (QED) is 0.747. The van der Waals surface area contributed by atoms with Crippen LogP contribution in [-0.4, -0.2) is 5.78 Å². The lowest BCUT2D eigenvalue weighted by Crippen LogP contribution is -2.00. The van der Waals surface area contributed by atoms with Crippen molar-refractivity contribution in [2.45, 2.75) is 26.7 Å². The van der Waals surface area contributed by atoms with Gasteiger partial charge < -0.3 is 4.42 Å². The van der Waals surface area contributed by atoms with Crippen LogP contribution < -0.4 is 0 Å². The van der Waals surface area contributed by atoms with Crippen LogP contribution in [0.2, 0.25) is 0 Å². The molecule has 88 valence electrons. The Kier molecular flexibility index (Phi) is 3.43. The molecule has 0 atom stereocenters. The van der Waals surface area contributed by atoms with E-state index < -0.39 is 0 Å². The number of aryl methyl sites for hydroxylation is 3. The van der Waals surface area contributed by atoms with Gasteiger partial charge in [0.25, 0.3) is 0 Å². The van der Waals surface area contributed by atoms with Crippen molar-refractivity contribution in [2.24, 2.45) is 0 Å². The van der Waals surface area contributed by atoms with E-state index in [1.807, 2.05) is 0 Å². The Hall–Kier alpha value is -1.83. The van der Waals surface area contributed by atoms with Crippen molar-refractivity contribution >= 4 is 5.78 Å². The highest BCUT2D eigenvalue weighted by Gasteiger charge is 2.08. The maximum Gasteiger partial charge on any atom is 0.198 e. The zero-order valence-corrected chi connectivity index (χ0v) is 10.2. The molecule has 0 saturated heterocycles. The van der Waals surface area contributed by atoms with Crippen molar-refractivity contribution in [3.8, 4) is 0 Å². The standard InChI is InChI=1S/C15H16O2/c1-11-8-12(2)10-13(9-11)5-6-14(16)15-4-3-7-17-15/h3-4,7-10H,5-6H2,1-2H3. The normalized spacial score (nSPS) is 10.5. The highest BCUT2D eigenvalue weighted by Crippen LogP contribution is 2.13. The number of carbonyl (C=O) groups is 1. The molecule has 2 nitrogen and oxygen atoms in total. The van der Waals surface area contributed by atoms with Gasteiger partial charge >= 0.3 is 0 Å². The van der Waals surface area contributed by atoms with Gasteiger partial charge in [-0.15, -0.1) is 0 Å². The van der Waals surface area contributed by atoms with Crippen molar-refractivity contribution in [3.63, 3.8) is 0 Å². The summed E-state index contributed by atoms with van der Waals surface area (Å²) in [7, 11) is 0. The number of carbonyl (C=O) groups excluding carboxylic acids is 1. The predicted octanol–water partition coefficient (Wildman–Crippen LogP) is 3.71. The lowest BCUT2D eigenvalue weighted by atomic mass is 10.0. The third-order valence-electron chi connectivity index (χ3n) is 2.72. The van der Waals surface area contributed by atoms with Gasteiger partial charge in [0.1, 0.15) is 0 Å². The van der Waals surface area contributed by atoms with E-state index in [0.717, 1.165) is 6.42 Å². The van der Waals surface area contributed by atoms with Gasteiger partial charge in [-0.05, 0) is 38.0 Å². The van der Waals surface area contributed by atoms with Gasteiger partial charge in [-0.2, -0.15) is 0 Å².